The minimum absolute atomic E-state index is 0.214. The lowest BCUT2D eigenvalue weighted by Crippen LogP contribution is -2.37. The van der Waals surface area contributed by atoms with Gasteiger partial charge in [-0.15, -0.1) is 0 Å². The van der Waals surface area contributed by atoms with Crippen LogP contribution in [0.25, 0.3) is 6.08 Å². The summed E-state index contributed by atoms with van der Waals surface area (Å²) in [4.78, 5) is 38.4. The molecular formula is C25H25ClINO6S. The first kappa shape index (κ1) is 27.3. The van der Waals surface area contributed by atoms with Gasteiger partial charge in [0.15, 0.2) is 11.5 Å². The Morgan fingerprint density at radius 2 is 1.83 bits per heavy atom. The third-order valence-corrected chi connectivity index (χ3v) is 6.47. The molecule has 7 nitrogen and oxygen atoms in total. The summed E-state index contributed by atoms with van der Waals surface area (Å²) in [5.74, 6) is -0.0801. The Labute approximate surface area is 227 Å². The van der Waals surface area contributed by atoms with Crippen molar-refractivity contribution in [3.8, 4) is 11.5 Å². The minimum atomic E-state index is -0.710. The fourth-order valence-corrected chi connectivity index (χ4v) is 4.85. The summed E-state index contributed by atoms with van der Waals surface area (Å²) in [7, 11) is 0. The van der Waals surface area contributed by atoms with Crippen molar-refractivity contribution >= 4 is 69.1 Å². The minimum Gasteiger partial charge on any atom is -0.490 e. The van der Waals surface area contributed by atoms with E-state index < -0.39 is 29.3 Å². The van der Waals surface area contributed by atoms with Crippen molar-refractivity contribution in [2.75, 3.05) is 13.2 Å². The second-order valence-electron chi connectivity index (χ2n) is 8.53. The van der Waals surface area contributed by atoms with Crippen LogP contribution in [-0.4, -0.2) is 40.8 Å². The van der Waals surface area contributed by atoms with Gasteiger partial charge < -0.3 is 14.2 Å². The Hall–Kier alpha value is -2.24. The van der Waals surface area contributed by atoms with Crippen LogP contribution in [0.5, 0.6) is 11.5 Å². The number of carbonyl (C=O) groups excluding carboxylic acids is 3. The number of nitrogens with zero attached hydrogens (tertiary/aromatic N) is 1. The molecule has 35 heavy (non-hydrogen) atoms. The molecule has 186 valence electrons. The van der Waals surface area contributed by atoms with Gasteiger partial charge in [-0.05, 0) is 104 Å². The average Bonchev–Trinajstić information content (AvgIpc) is 3.00. The van der Waals surface area contributed by atoms with Crippen LogP contribution >= 0.6 is 46.0 Å². The third kappa shape index (κ3) is 7.62. The summed E-state index contributed by atoms with van der Waals surface area (Å²) >= 11 is 8.87. The number of hydrogen-bond acceptors (Lipinski definition) is 7. The van der Waals surface area contributed by atoms with Gasteiger partial charge in [0, 0.05) is 5.02 Å². The van der Waals surface area contributed by atoms with Crippen molar-refractivity contribution < 1.29 is 28.6 Å². The molecule has 1 saturated heterocycles. The number of hydrogen-bond donors (Lipinski definition) is 0. The van der Waals surface area contributed by atoms with Crippen LogP contribution in [-0.2, 0) is 20.9 Å². The van der Waals surface area contributed by atoms with E-state index in [1.807, 2.05) is 25.1 Å². The quantitative estimate of drug-likeness (QED) is 0.193. The zero-order valence-corrected chi connectivity index (χ0v) is 23.5. The predicted octanol–water partition coefficient (Wildman–Crippen LogP) is 6.30. The van der Waals surface area contributed by atoms with Crippen LogP contribution in [0.15, 0.2) is 41.3 Å². The third-order valence-electron chi connectivity index (χ3n) is 4.51. The van der Waals surface area contributed by atoms with Crippen LogP contribution in [0.1, 0.15) is 38.8 Å². The Kier molecular flexibility index (Phi) is 9.11. The van der Waals surface area contributed by atoms with Gasteiger partial charge in [0.05, 0.1) is 15.1 Å². The molecule has 1 aliphatic heterocycles. The van der Waals surface area contributed by atoms with Gasteiger partial charge in [0.1, 0.15) is 18.8 Å². The number of imide groups is 1. The van der Waals surface area contributed by atoms with Crippen LogP contribution < -0.4 is 9.47 Å². The maximum absolute atomic E-state index is 12.8. The highest BCUT2D eigenvalue weighted by Crippen LogP contribution is 2.38. The normalized spacial score (nSPS) is 15.0. The van der Waals surface area contributed by atoms with E-state index in [1.165, 1.54) is 0 Å². The summed E-state index contributed by atoms with van der Waals surface area (Å²) in [5, 5.41) is 0.132. The van der Waals surface area contributed by atoms with E-state index in [2.05, 4.69) is 22.6 Å². The lowest BCUT2D eigenvalue weighted by molar-refractivity contribution is -0.156. The van der Waals surface area contributed by atoms with E-state index in [-0.39, 0.29) is 4.91 Å². The predicted molar refractivity (Wildman–Crippen MR) is 145 cm³/mol. The highest BCUT2D eigenvalue weighted by molar-refractivity contribution is 14.1. The number of carbonyl (C=O) groups is 3. The van der Waals surface area contributed by atoms with Crippen LogP contribution in [0, 0.1) is 3.57 Å². The second kappa shape index (κ2) is 11.7. The average molecular weight is 630 g/mol. The van der Waals surface area contributed by atoms with E-state index in [4.69, 9.17) is 25.8 Å². The monoisotopic (exact) mass is 629 g/mol. The molecule has 0 aromatic heterocycles. The number of ether oxygens (including phenoxy) is 3. The molecular weight excluding hydrogens is 605 g/mol. The molecule has 0 spiro atoms. The number of halogens is 2. The number of amides is 2. The summed E-state index contributed by atoms with van der Waals surface area (Å²) in [6.45, 7) is 7.35. The number of rotatable bonds is 8. The van der Waals surface area contributed by atoms with E-state index in [9.17, 15) is 14.4 Å². The Bertz CT molecular complexity index is 1160. The van der Waals surface area contributed by atoms with Crippen molar-refractivity contribution in [1.29, 1.82) is 0 Å². The van der Waals surface area contributed by atoms with Gasteiger partial charge in [-0.2, -0.15) is 0 Å². The molecule has 1 aliphatic rings. The molecule has 2 aromatic carbocycles. The van der Waals surface area contributed by atoms with Crippen molar-refractivity contribution in [3.05, 3.63) is 61.0 Å². The number of benzene rings is 2. The molecule has 0 aliphatic carbocycles. The van der Waals surface area contributed by atoms with E-state index >= 15 is 0 Å². The lowest BCUT2D eigenvalue weighted by Gasteiger charge is -2.21. The van der Waals surface area contributed by atoms with Gasteiger partial charge in [-0.25, -0.2) is 0 Å². The van der Waals surface area contributed by atoms with Crippen molar-refractivity contribution in [3.63, 3.8) is 0 Å². The first-order chi connectivity index (χ1) is 16.5. The molecule has 0 bridgehead atoms. The fraction of sp³-hybridized carbons (Fsp3) is 0.320. The SMILES string of the molecule is CCOc1cc(C=C2SC(=O)N(CC(=O)OC(C)(C)C)C2=O)cc(I)c1OCc1ccc(Cl)cc1. The van der Waals surface area contributed by atoms with Crippen LogP contribution in [0.2, 0.25) is 5.02 Å². The maximum atomic E-state index is 12.8. The zero-order chi connectivity index (χ0) is 25.8. The summed E-state index contributed by atoms with van der Waals surface area (Å²) < 4.78 is 17.8. The summed E-state index contributed by atoms with van der Waals surface area (Å²) in [5.41, 5.74) is 0.910. The van der Waals surface area contributed by atoms with Gasteiger partial charge in [0.25, 0.3) is 11.1 Å². The van der Waals surface area contributed by atoms with E-state index in [0.717, 1.165) is 25.8 Å². The largest absolute Gasteiger partial charge is 0.490 e. The van der Waals surface area contributed by atoms with Crippen molar-refractivity contribution in [1.82, 2.24) is 4.90 Å². The van der Waals surface area contributed by atoms with Crippen LogP contribution in [0.4, 0.5) is 4.79 Å². The van der Waals surface area contributed by atoms with Gasteiger partial charge in [-0.3, -0.25) is 19.3 Å². The van der Waals surface area contributed by atoms with Crippen molar-refractivity contribution in [2.45, 2.75) is 39.9 Å². The topological polar surface area (TPSA) is 82.1 Å². The Morgan fingerprint density at radius 3 is 2.46 bits per heavy atom. The standard InChI is InChI=1S/C25H25ClINO6S/c1-5-32-19-11-16(10-18(27)22(19)33-14-15-6-8-17(26)9-7-15)12-20-23(30)28(24(31)35-20)13-21(29)34-25(2,3)4/h6-12H,5,13-14H2,1-4H3. The molecule has 2 aromatic rings. The molecule has 3 rings (SSSR count). The molecule has 1 heterocycles. The Balaban J connectivity index is 1.79. The second-order valence-corrected chi connectivity index (χ2v) is 11.1. The zero-order valence-electron chi connectivity index (χ0n) is 19.7. The molecule has 2 amide bonds. The van der Waals surface area contributed by atoms with E-state index in [0.29, 0.717) is 35.3 Å². The number of esters is 1. The molecule has 0 saturated carbocycles. The molecule has 1 fully saturated rings. The maximum Gasteiger partial charge on any atom is 0.326 e. The molecule has 0 atom stereocenters. The first-order valence-electron chi connectivity index (χ1n) is 10.8. The fourth-order valence-electron chi connectivity index (χ4n) is 3.10. The highest BCUT2D eigenvalue weighted by atomic mass is 127. The highest BCUT2D eigenvalue weighted by Gasteiger charge is 2.37. The van der Waals surface area contributed by atoms with Gasteiger partial charge in [-0.1, -0.05) is 23.7 Å². The lowest BCUT2D eigenvalue weighted by atomic mass is 10.1. The van der Waals surface area contributed by atoms with Crippen LogP contribution in [0.3, 0.4) is 0 Å². The smallest absolute Gasteiger partial charge is 0.326 e. The first-order valence-corrected chi connectivity index (χ1v) is 13.0. The Morgan fingerprint density at radius 1 is 1.14 bits per heavy atom. The van der Waals surface area contributed by atoms with E-state index in [1.54, 1.807) is 45.0 Å². The van der Waals surface area contributed by atoms with Crippen molar-refractivity contribution in [2.24, 2.45) is 0 Å². The number of thioether (sulfide) groups is 1. The molecule has 0 unspecified atom stereocenters. The summed E-state index contributed by atoms with van der Waals surface area (Å²) in [6, 6.07) is 11.0. The van der Waals surface area contributed by atoms with Gasteiger partial charge in [0.2, 0.25) is 0 Å². The summed E-state index contributed by atoms with van der Waals surface area (Å²) in [6.07, 6.45) is 1.60. The molecule has 10 heteroatoms. The molecule has 0 radical (unpaired) electrons. The molecule has 0 N–H and O–H groups in total. The van der Waals surface area contributed by atoms with Gasteiger partial charge >= 0.3 is 5.97 Å².